The topological polar surface area (TPSA) is 9.23 Å². The van der Waals surface area contributed by atoms with Gasteiger partial charge in [0.2, 0.25) is 0 Å². The molecule has 1 nitrogen and oxygen atoms in total. The van der Waals surface area contributed by atoms with Gasteiger partial charge in [-0.25, -0.2) is 0 Å². The predicted octanol–water partition coefficient (Wildman–Crippen LogP) is 3.97. The molecule has 1 atom stereocenters. The molecule has 14 heavy (non-hydrogen) atoms. The van der Waals surface area contributed by atoms with Crippen molar-refractivity contribution in [2.24, 2.45) is 0 Å². The molecular formula is C12H17BrO. The van der Waals surface area contributed by atoms with Crippen LogP contribution in [0, 0.1) is 0 Å². The highest BCUT2D eigenvalue weighted by molar-refractivity contribution is 9.09. The Morgan fingerprint density at radius 3 is 2.43 bits per heavy atom. The van der Waals surface area contributed by atoms with E-state index < -0.39 is 0 Å². The maximum Gasteiger partial charge on any atom is 0.119 e. The molecule has 1 unspecified atom stereocenters. The number of alkyl halides is 1. The van der Waals surface area contributed by atoms with Crippen molar-refractivity contribution in [3.63, 3.8) is 0 Å². The minimum atomic E-state index is 0.616. The minimum Gasteiger partial charge on any atom is -0.494 e. The first-order valence-electron chi connectivity index (χ1n) is 5.06. The van der Waals surface area contributed by atoms with Gasteiger partial charge in [0, 0.05) is 5.33 Å². The van der Waals surface area contributed by atoms with Crippen molar-refractivity contribution in [1.82, 2.24) is 0 Å². The maximum atomic E-state index is 5.39. The standard InChI is InChI=1S/C12H17BrO/c1-3-14-12-6-4-11(5-7-12)10(2)8-9-13/h4-7,10H,3,8-9H2,1-2H3. The second-order valence-corrected chi connectivity index (χ2v) is 4.17. The lowest BCUT2D eigenvalue weighted by Gasteiger charge is -2.10. The van der Waals surface area contributed by atoms with Gasteiger partial charge < -0.3 is 4.74 Å². The van der Waals surface area contributed by atoms with Crippen molar-refractivity contribution in [3.8, 4) is 5.75 Å². The number of ether oxygens (including phenoxy) is 1. The molecule has 0 heterocycles. The first-order valence-corrected chi connectivity index (χ1v) is 6.18. The van der Waals surface area contributed by atoms with E-state index in [1.165, 1.54) is 12.0 Å². The molecule has 1 rings (SSSR count). The van der Waals surface area contributed by atoms with Crippen LogP contribution in [0.5, 0.6) is 5.75 Å². The van der Waals surface area contributed by atoms with Gasteiger partial charge in [-0.2, -0.15) is 0 Å². The van der Waals surface area contributed by atoms with Gasteiger partial charge in [0.1, 0.15) is 5.75 Å². The average Bonchev–Trinajstić information content (AvgIpc) is 2.20. The first-order chi connectivity index (χ1) is 6.77. The third-order valence-electron chi connectivity index (χ3n) is 2.30. The molecule has 0 spiro atoms. The maximum absolute atomic E-state index is 5.39. The molecule has 0 fully saturated rings. The molecule has 0 aliphatic rings. The molecule has 0 radical (unpaired) electrons. The average molecular weight is 257 g/mol. The van der Waals surface area contributed by atoms with Crippen molar-refractivity contribution in [2.75, 3.05) is 11.9 Å². The van der Waals surface area contributed by atoms with E-state index in [1.807, 2.05) is 19.1 Å². The third kappa shape index (κ3) is 3.33. The molecular weight excluding hydrogens is 240 g/mol. The normalized spacial score (nSPS) is 12.5. The summed E-state index contributed by atoms with van der Waals surface area (Å²) in [5.74, 6) is 1.58. The Morgan fingerprint density at radius 2 is 1.93 bits per heavy atom. The second kappa shape index (κ2) is 6.07. The summed E-state index contributed by atoms with van der Waals surface area (Å²) in [6, 6.07) is 8.39. The van der Waals surface area contributed by atoms with Crippen molar-refractivity contribution in [3.05, 3.63) is 29.8 Å². The number of benzene rings is 1. The van der Waals surface area contributed by atoms with Gasteiger partial charge in [0.15, 0.2) is 0 Å². The Kier molecular flexibility index (Phi) is 5.02. The molecule has 1 aromatic carbocycles. The fourth-order valence-corrected chi connectivity index (χ4v) is 2.08. The summed E-state index contributed by atoms with van der Waals surface area (Å²) in [7, 11) is 0. The lowest BCUT2D eigenvalue weighted by molar-refractivity contribution is 0.340. The second-order valence-electron chi connectivity index (χ2n) is 3.38. The molecule has 78 valence electrons. The van der Waals surface area contributed by atoms with Crippen LogP contribution in [0.25, 0.3) is 0 Å². The van der Waals surface area contributed by atoms with Crippen LogP contribution in [0.3, 0.4) is 0 Å². The van der Waals surface area contributed by atoms with Crippen molar-refractivity contribution < 1.29 is 4.74 Å². The smallest absolute Gasteiger partial charge is 0.119 e. The Labute approximate surface area is 94.6 Å². The highest BCUT2D eigenvalue weighted by atomic mass is 79.9. The summed E-state index contributed by atoms with van der Waals surface area (Å²) in [4.78, 5) is 0. The lowest BCUT2D eigenvalue weighted by atomic mass is 9.99. The zero-order chi connectivity index (χ0) is 10.4. The molecule has 0 amide bonds. The monoisotopic (exact) mass is 256 g/mol. The zero-order valence-electron chi connectivity index (χ0n) is 8.79. The van der Waals surface area contributed by atoms with Crippen LogP contribution in [-0.2, 0) is 0 Å². The fraction of sp³-hybridized carbons (Fsp3) is 0.500. The Hall–Kier alpha value is -0.500. The van der Waals surface area contributed by atoms with E-state index in [2.05, 4.69) is 35.0 Å². The van der Waals surface area contributed by atoms with Gasteiger partial charge in [-0.15, -0.1) is 0 Å². The van der Waals surface area contributed by atoms with Crippen LogP contribution >= 0.6 is 15.9 Å². The molecule has 0 aliphatic carbocycles. The number of hydrogen-bond donors (Lipinski definition) is 0. The first kappa shape index (κ1) is 11.6. The van der Waals surface area contributed by atoms with E-state index in [0.717, 1.165) is 17.7 Å². The zero-order valence-corrected chi connectivity index (χ0v) is 10.4. The summed E-state index contributed by atoms with van der Waals surface area (Å²) in [5.41, 5.74) is 1.38. The summed E-state index contributed by atoms with van der Waals surface area (Å²) in [6.07, 6.45) is 1.17. The van der Waals surface area contributed by atoms with Gasteiger partial charge >= 0.3 is 0 Å². The molecule has 0 saturated carbocycles. The van der Waals surface area contributed by atoms with Gasteiger partial charge in [-0.1, -0.05) is 35.0 Å². The van der Waals surface area contributed by atoms with Gasteiger partial charge in [-0.3, -0.25) is 0 Å². The molecule has 0 N–H and O–H groups in total. The van der Waals surface area contributed by atoms with Crippen LogP contribution in [0.4, 0.5) is 0 Å². The molecule has 0 aliphatic heterocycles. The molecule has 1 aromatic rings. The summed E-state index contributed by atoms with van der Waals surface area (Å²) in [6.45, 7) is 4.98. The van der Waals surface area contributed by atoms with Crippen LogP contribution in [0.15, 0.2) is 24.3 Å². The number of hydrogen-bond acceptors (Lipinski definition) is 1. The highest BCUT2D eigenvalue weighted by Crippen LogP contribution is 2.22. The lowest BCUT2D eigenvalue weighted by Crippen LogP contribution is -1.95. The van der Waals surface area contributed by atoms with Crippen molar-refractivity contribution in [2.45, 2.75) is 26.2 Å². The quantitative estimate of drug-likeness (QED) is 0.725. The van der Waals surface area contributed by atoms with Crippen molar-refractivity contribution in [1.29, 1.82) is 0 Å². The van der Waals surface area contributed by atoms with Crippen LogP contribution in [0.2, 0.25) is 0 Å². The minimum absolute atomic E-state index is 0.616. The van der Waals surface area contributed by atoms with E-state index in [9.17, 15) is 0 Å². The van der Waals surface area contributed by atoms with E-state index in [4.69, 9.17) is 4.74 Å². The molecule has 0 saturated heterocycles. The van der Waals surface area contributed by atoms with Crippen LogP contribution in [-0.4, -0.2) is 11.9 Å². The Balaban J connectivity index is 2.62. The van der Waals surface area contributed by atoms with Crippen molar-refractivity contribution >= 4 is 15.9 Å². The predicted molar refractivity (Wildman–Crippen MR) is 64.4 cm³/mol. The number of halogens is 1. The molecule has 0 aromatic heterocycles. The van der Waals surface area contributed by atoms with Gasteiger partial charge in [0.05, 0.1) is 6.61 Å². The largest absolute Gasteiger partial charge is 0.494 e. The van der Waals surface area contributed by atoms with Crippen LogP contribution < -0.4 is 4.74 Å². The molecule has 0 bridgehead atoms. The van der Waals surface area contributed by atoms with Gasteiger partial charge in [-0.05, 0) is 37.0 Å². The summed E-state index contributed by atoms with van der Waals surface area (Å²) >= 11 is 3.46. The summed E-state index contributed by atoms with van der Waals surface area (Å²) in [5, 5.41) is 1.06. The van der Waals surface area contributed by atoms with E-state index in [-0.39, 0.29) is 0 Å². The van der Waals surface area contributed by atoms with Gasteiger partial charge in [0.25, 0.3) is 0 Å². The van der Waals surface area contributed by atoms with Crippen LogP contribution in [0.1, 0.15) is 31.7 Å². The SMILES string of the molecule is CCOc1ccc(C(C)CCBr)cc1. The molecule has 2 heteroatoms. The highest BCUT2D eigenvalue weighted by Gasteiger charge is 2.04. The fourth-order valence-electron chi connectivity index (χ4n) is 1.39. The van der Waals surface area contributed by atoms with E-state index in [1.54, 1.807) is 0 Å². The Bertz CT molecular complexity index is 256. The summed E-state index contributed by atoms with van der Waals surface area (Å²) < 4.78 is 5.39. The third-order valence-corrected chi connectivity index (χ3v) is 2.76. The van der Waals surface area contributed by atoms with E-state index in [0.29, 0.717) is 5.92 Å². The number of rotatable bonds is 5. The van der Waals surface area contributed by atoms with E-state index >= 15 is 0 Å². The Morgan fingerprint density at radius 1 is 1.29 bits per heavy atom.